The van der Waals surface area contributed by atoms with Crippen LogP contribution >= 0.6 is 0 Å². The maximum absolute atomic E-state index is 8.81. The lowest BCUT2D eigenvalue weighted by Crippen LogP contribution is -2.22. The highest BCUT2D eigenvalue weighted by molar-refractivity contribution is 5.94. The van der Waals surface area contributed by atoms with Gasteiger partial charge in [0.1, 0.15) is 0 Å². The molecule has 2 rings (SSSR count). The third-order valence-electron chi connectivity index (χ3n) is 2.96. The number of benzene rings is 1. The number of rotatable bonds is 6. The van der Waals surface area contributed by atoms with Gasteiger partial charge >= 0.3 is 0 Å². The summed E-state index contributed by atoms with van der Waals surface area (Å²) in [5.41, 5.74) is 1.94. The fraction of sp³-hybridized carbons (Fsp3) is 0.533. The summed E-state index contributed by atoms with van der Waals surface area (Å²) in [5.74, 6) is -0.201. The van der Waals surface area contributed by atoms with Gasteiger partial charge in [-0.25, -0.2) is 0 Å². The van der Waals surface area contributed by atoms with Crippen molar-refractivity contribution < 1.29 is 19.4 Å². The van der Waals surface area contributed by atoms with E-state index < -0.39 is 5.79 Å². The Morgan fingerprint density at radius 2 is 2.00 bits per heavy atom. The summed E-state index contributed by atoms with van der Waals surface area (Å²) < 4.78 is 11.2. The van der Waals surface area contributed by atoms with Gasteiger partial charge < -0.3 is 19.4 Å². The van der Waals surface area contributed by atoms with Crippen LogP contribution in [0.2, 0.25) is 0 Å². The van der Waals surface area contributed by atoms with Crippen LogP contribution in [0.4, 0.5) is 0 Å². The topological polar surface area (TPSA) is 60.3 Å². The van der Waals surface area contributed by atoms with Gasteiger partial charge in [-0.1, -0.05) is 12.1 Å². The predicted octanol–water partition coefficient (Wildman–Crippen LogP) is 2.42. The van der Waals surface area contributed by atoms with Crippen molar-refractivity contribution >= 4 is 5.90 Å². The Kier molecular flexibility index (Phi) is 4.62. The molecule has 1 aliphatic heterocycles. The molecule has 0 spiro atoms. The average molecular weight is 279 g/mol. The SMILES string of the molecule is CC(CCO)OCc1ccc(C2=NOC(C)(C)O2)cc1. The van der Waals surface area contributed by atoms with Crippen LogP contribution in [0.3, 0.4) is 0 Å². The van der Waals surface area contributed by atoms with Crippen LogP contribution in [-0.2, 0) is 20.9 Å². The summed E-state index contributed by atoms with van der Waals surface area (Å²) >= 11 is 0. The van der Waals surface area contributed by atoms with Gasteiger partial charge in [-0.15, -0.1) is 0 Å². The van der Waals surface area contributed by atoms with Gasteiger partial charge in [0.15, 0.2) is 0 Å². The summed E-state index contributed by atoms with van der Waals surface area (Å²) in [6.45, 7) is 6.25. The minimum absolute atomic E-state index is 0.0522. The van der Waals surface area contributed by atoms with Crippen molar-refractivity contribution in [1.82, 2.24) is 0 Å². The second kappa shape index (κ2) is 6.24. The van der Waals surface area contributed by atoms with E-state index in [9.17, 15) is 0 Å². The Labute approximate surface area is 119 Å². The standard InChI is InChI=1S/C15H21NO4/c1-11(8-9-17)18-10-12-4-6-13(7-5-12)14-16-20-15(2,3)19-14/h4-7,11,17H,8-10H2,1-3H3. The van der Waals surface area contributed by atoms with Crippen LogP contribution in [-0.4, -0.2) is 29.5 Å². The highest BCUT2D eigenvalue weighted by Crippen LogP contribution is 2.22. The van der Waals surface area contributed by atoms with Gasteiger partial charge in [-0.3, -0.25) is 0 Å². The molecule has 1 N–H and O–H groups in total. The van der Waals surface area contributed by atoms with E-state index in [1.54, 1.807) is 0 Å². The summed E-state index contributed by atoms with van der Waals surface area (Å²) in [5, 5.41) is 12.7. The predicted molar refractivity (Wildman–Crippen MR) is 75.2 cm³/mol. The molecule has 0 aromatic heterocycles. The van der Waals surface area contributed by atoms with E-state index >= 15 is 0 Å². The molecular formula is C15H21NO4. The molecule has 0 saturated carbocycles. The van der Waals surface area contributed by atoms with Crippen molar-refractivity contribution in [3.05, 3.63) is 35.4 Å². The van der Waals surface area contributed by atoms with Crippen LogP contribution < -0.4 is 0 Å². The molecular weight excluding hydrogens is 258 g/mol. The zero-order valence-corrected chi connectivity index (χ0v) is 12.1. The van der Waals surface area contributed by atoms with Crippen molar-refractivity contribution in [3.8, 4) is 0 Å². The Balaban J connectivity index is 1.90. The van der Waals surface area contributed by atoms with Crippen molar-refractivity contribution in [3.63, 3.8) is 0 Å². The normalized spacial score (nSPS) is 18.1. The van der Waals surface area contributed by atoms with Gasteiger partial charge in [0.05, 0.1) is 12.7 Å². The minimum atomic E-state index is -0.698. The third-order valence-corrected chi connectivity index (χ3v) is 2.96. The first-order valence-corrected chi connectivity index (χ1v) is 6.77. The van der Waals surface area contributed by atoms with E-state index in [0.717, 1.165) is 11.1 Å². The fourth-order valence-corrected chi connectivity index (χ4v) is 1.78. The largest absolute Gasteiger partial charge is 0.431 e. The molecule has 20 heavy (non-hydrogen) atoms. The highest BCUT2D eigenvalue weighted by atomic mass is 16.8. The highest BCUT2D eigenvalue weighted by Gasteiger charge is 2.30. The van der Waals surface area contributed by atoms with Crippen LogP contribution in [0, 0.1) is 0 Å². The molecule has 0 saturated heterocycles. The molecule has 0 bridgehead atoms. The van der Waals surface area contributed by atoms with Gasteiger partial charge in [-0.05, 0) is 36.2 Å². The Bertz CT molecular complexity index is 467. The molecule has 1 aromatic rings. The van der Waals surface area contributed by atoms with Crippen molar-refractivity contribution in [2.45, 2.75) is 45.7 Å². The fourth-order valence-electron chi connectivity index (χ4n) is 1.78. The van der Waals surface area contributed by atoms with Crippen molar-refractivity contribution in [2.24, 2.45) is 5.16 Å². The van der Waals surface area contributed by atoms with Crippen molar-refractivity contribution in [1.29, 1.82) is 0 Å². The maximum Gasteiger partial charge on any atom is 0.271 e. The second-order valence-corrected chi connectivity index (χ2v) is 5.32. The smallest absolute Gasteiger partial charge is 0.271 e. The molecule has 0 radical (unpaired) electrons. The van der Waals surface area contributed by atoms with Crippen LogP contribution in [0.15, 0.2) is 29.4 Å². The number of hydrogen-bond acceptors (Lipinski definition) is 5. The summed E-state index contributed by atoms with van der Waals surface area (Å²) in [7, 11) is 0. The molecule has 0 amide bonds. The van der Waals surface area contributed by atoms with E-state index in [-0.39, 0.29) is 12.7 Å². The van der Waals surface area contributed by atoms with Crippen LogP contribution in [0.5, 0.6) is 0 Å². The first-order valence-electron chi connectivity index (χ1n) is 6.77. The van der Waals surface area contributed by atoms with E-state index in [0.29, 0.717) is 18.9 Å². The lowest BCUT2D eigenvalue weighted by molar-refractivity contribution is -0.128. The second-order valence-electron chi connectivity index (χ2n) is 5.32. The summed E-state index contributed by atoms with van der Waals surface area (Å²) in [6, 6.07) is 7.80. The maximum atomic E-state index is 8.81. The average Bonchev–Trinajstić information content (AvgIpc) is 2.78. The minimum Gasteiger partial charge on any atom is -0.431 e. The number of hydrogen-bond donors (Lipinski definition) is 1. The Morgan fingerprint density at radius 1 is 1.30 bits per heavy atom. The number of nitrogens with zero attached hydrogens (tertiary/aromatic N) is 1. The Morgan fingerprint density at radius 3 is 2.55 bits per heavy atom. The number of oxime groups is 1. The van der Waals surface area contributed by atoms with E-state index in [1.807, 2.05) is 45.0 Å². The number of aliphatic hydroxyl groups excluding tert-OH is 1. The Hall–Kier alpha value is -1.59. The zero-order valence-electron chi connectivity index (χ0n) is 12.1. The molecule has 110 valence electrons. The number of aliphatic hydroxyl groups is 1. The van der Waals surface area contributed by atoms with Gasteiger partial charge in [-0.2, -0.15) is 0 Å². The summed E-state index contributed by atoms with van der Waals surface area (Å²) in [4.78, 5) is 5.16. The lowest BCUT2D eigenvalue weighted by Gasteiger charge is -2.15. The first-order chi connectivity index (χ1) is 9.50. The lowest BCUT2D eigenvalue weighted by atomic mass is 10.1. The monoisotopic (exact) mass is 279 g/mol. The summed E-state index contributed by atoms with van der Waals surface area (Å²) in [6.07, 6.45) is 0.700. The van der Waals surface area contributed by atoms with Crippen molar-refractivity contribution in [2.75, 3.05) is 6.61 Å². The molecule has 1 unspecified atom stereocenters. The molecule has 1 aliphatic rings. The first kappa shape index (κ1) is 14.8. The third kappa shape index (κ3) is 3.95. The molecule has 0 fully saturated rings. The van der Waals surface area contributed by atoms with E-state index in [4.69, 9.17) is 19.4 Å². The molecule has 1 atom stereocenters. The van der Waals surface area contributed by atoms with Gasteiger partial charge in [0, 0.05) is 26.0 Å². The van der Waals surface area contributed by atoms with E-state index in [2.05, 4.69) is 5.16 Å². The van der Waals surface area contributed by atoms with Crippen LogP contribution in [0.1, 0.15) is 38.3 Å². The molecule has 1 aromatic carbocycles. The molecule has 5 heteroatoms. The van der Waals surface area contributed by atoms with Crippen LogP contribution in [0.25, 0.3) is 0 Å². The molecule has 0 aliphatic carbocycles. The van der Waals surface area contributed by atoms with Gasteiger partial charge in [0.2, 0.25) is 0 Å². The van der Waals surface area contributed by atoms with Gasteiger partial charge in [0.25, 0.3) is 11.7 Å². The molecule has 5 nitrogen and oxygen atoms in total. The number of ether oxygens (including phenoxy) is 2. The zero-order chi connectivity index (χ0) is 14.6. The quantitative estimate of drug-likeness (QED) is 0.868. The van der Waals surface area contributed by atoms with E-state index in [1.165, 1.54) is 0 Å². The molecule has 1 heterocycles.